The van der Waals surface area contributed by atoms with Gasteiger partial charge in [-0.25, -0.2) is 14.8 Å². The quantitative estimate of drug-likeness (QED) is 0.837. The van der Waals surface area contributed by atoms with Crippen LogP contribution in [0.25, 0.3) is 0 Å². The molecule has 19 heavy (non-hydrogen) atoms. The summed E-state index contributed by atoms with van der Waals surface area (Å²) in [7, 11) is 1.31. The van der Waals surface area contributed by atoms with Crippen molar-refractivity contribution in [1.82, 2.24) is 9.97 Å². The van der Waals surface area contributed by atoms with E-state index >= 15 is 0 Å². The highest BCUT2D eigenvalue weighted by Gasteiger charge is 2.29. The molecule has 1 fully saturated rings. The van der Waals surface area contributed by atoms with Gasteiger partial charge in [-0.1, -0.05) is 0 Å². The van der Waals surface area contributed by atoms with Crippen LogP contribution in [-0.2, 0) is 9.47 Å². The number of carbonyl (C=O) groups excluding carboxylic acids is 1. The first-order valence-electron chi connectivity index (χ1n) is 6.32. The molecule has 0 amide bonds. The van der Waals surface area contributed by atoms with E-state index in [-0.39, 0.29) is 17.5 Å². The Balaban J connectivity index is 2.05. The Hall–Kier alpha value is -1.69. The van der Waals surface area contributed by atoms with Gasteiger partial charge in [0.25, 0.3) is 0 Å². The molecule has 1 unspecified atom stereocenters. The number of esters is 1. The van der Waals surface area contributed by atoms with E-state index in [1.165, 1.54) is 7.11 Å². The Morgan fingerprint density at radius 1 is 1.58 bits per heavy atom. The van der Waals surface area contributed by atoms with Gasteiger partial charge in [-0.15, -0.1) is 0 Å². The number of hydrogen-bond acceptors (Lipinski definition) is 6. The van der Waals surface area contributed by atoms with E-state index in [0.717, 1.165) is 19.4 Å². The first-order valence-corrected chi connectivity index (χ1v) is 6.32. The van der Waals surface area contributed by atoms with Crippen molar-refractivity contribution in [2.75, 3.05) is 19.0 Å². The Bertz CT molecular complexity index is 462. The van der Waals surface area contributed by atoms with Crippen molar-refractivity contribution in [3.63, 3.8) is 0 Å². The van der Waals surface area contributed by atoms with Crippen LogP contribution in [0.5, 0.6) is 0 Å². The Morgan fingerprint density at radius 3 is 3.05 bits per heavy atom. The summed E-state index contributed by atoms with van der Waals surface area (Å²) in [6.45, 7) is 4.86. The SMILES string of the molecule is COC(=O)c1nccc(NC2CCOC(C)(C)C2)n1. The van der Waals surface area contributed by atoms with Crippen LogP contribution < -0.4 is 5.32 Å². The van der Waals surface area contributed by atoms with Crippen LogP contribution in [0.2, 0.25) is 0 Å². The summed E-state index contributed by atoms with van der Waals surface area (Å²) in [6.07, 6.45) is 3.36. The first kappa shape index (κ1) is 13.7. The number of ether oxygens (including phenoxy) is 2. The Morgan fingerprint density at radius 2 is 2.37 bits per heavy atom. The molecule has 6 heteroatoms. The summed E-state index contributed by atoms with van der Waals surface area (Å²) in [5.74, 6) is 0.174. The maximum Gasteiger partial charge on any atom is 0.376 e. The number of nitrogens with zero attached hydrogens (tertiary/aromatic N) is 2. The molecule has 1 aliphatic rings. The van der Waals surface area contributed by atoms with Crippen LogP contribution in [0.4, 0.5) is 5.82 Å². The van der Waals surface area contributed by atoms with E-state index in [1.807, 2.05) is 0 Å². The average Bonchev–Trinajstić information content (AvgIpc) is 2.37. The van der Waals surface area contributed by atoms with E-state index in [9.17, 15) is 4.79 Å². The number of rotatable bonds is 3. The predicted molar refractivity (Wildman–Crippen MR) is 70.0 cm³/mol. The molecule has 0 radical (unpaired) electrons. The van der Waals surface area contributed by atoms with E-state index in [2.05, 4.69) is 33.9 Å². The minimum absolute atomic E-state index is 0.0684. The van der Waals surface area contributed by atoms with Crippen molar-refractivity contribution in [3.8, 4) is 0 Å². The lowest BCUT2D eigenvalue weighted by molar-refractivity contribution is -0.0553. The standard InChI is InChI=1S/C13H19N3O3/c1-13(2)8-9(5-7-19-13)15-10-4-6-14-11(16-10)12(17)18-3/h4,6,9H,5,7-8H2,1-3H3,(H,14,15,16). The van der Waals surface area contributed by atoms with Gasteiger partial charge in [0.05, 0.1) is 12.7 Å². The maximum atomic E-state index is 11.4. The van der Waals surface area contributed by atoms with Crippen LogP contribution in [0, 0.1) is 0 Å². The third-order valence-electron chi connectivity index (χ3n) is 3.07. The molecule has 1 N–H and O–H groups in total. The summed E-state index contributed by atoms with van der Waals surface area (Å²) in [5.41, 5.74) is -0.131. The number of aromatic nitrogens is 2. The molecule has 0 spiro atoms. The first-order chi connectivity index (χ1) is 9.00. The molecule has 1 aliphatic heterocycles. The average molecular weight is 265 g/mol. The highest BCUT2D eigenvalue weighted by molar-refractivity contribution is 5.85. The Labute approximate surface area is 112 Å². The lowest BCUT2D eigenvalue weighted by atomic mass is 9.94. The molecular weight excluding hydrogens is 246 g/mol. The fourth-order valence-corrected chi connectivity index (χ4v) is 2.19. The number of anilines is 1. The smallest absolute Gasteiger partial charge is 0.376 e. The zero-order valence-electron chi connectivity index (χ0n) is 11.5. The lowest BCUT2D eigenvalue weighted by Crippen LogP contribution is -2.40. The normalized spacial score (nSPS) is 21.7. The van der Waals surface area contributed by atoms with Gasteiger partial charge in [-0.3, -0.25) is 0 Å². The molecule has 6 nitrogen and oxygen atoms in total. The third-order valence-corrected chi connectivity index (χ3v) is 3.07. The van der Waals surface area contributed by atoms with Crippen LogP contribution in [0.1, 0.15) is 37.3 Å². The van der Waals surface area contributed by atoms with Gasteiger partial charge < -0.3 is 14.8 Å². The fraction of sp³-hybridized carbons (Fsp3) is 0.615. The summed E-state index contributed by atoms with van der Waals surface area (Å²) in [4.78, 5) is 19.4. The monoisotopic (exact) mass is 265 g/mol. The second-order valence-corrected chi connectivity index (χ2v) is 5.20. The van der Waals surface area contributed by atoms with Gasteiger partial charge in [-0.2, -0.15) is 0 Å². The summed E-state index contributed by atoms with van der Waals surface area (Å²) in [6, 6.07) is 2.03. The molecule has 1 saturated heterocycles. The Kier molecular flexibility index (Phi) is 3.99. The van der Waals surface area contributed by atoms with Crippen molar-refractivity contribution < 1.29 is 14.3 Å². The lowest BCUT2D eigenvalue weighted by Gasteiger charge is -2.36. The molecule has 0 aromatic carbocycles. The molecule has 104 valence electrons. The number of hydrogen-bond donors (Lipinski definition) is 1. The summed E-state index contributed by atoms with van der Waals surface area (Å²) >= 11 is 0. The van der Waals surface area contributed by atoms with Gasteiger partial charge in [-0.05, 0) is 32.8 Å². The molecule has 2 heterocycles. The van der Waals surface area contributed by atoms with Crippen molar-refractivity contribution in [2.24, 2.45) is 0 Å². The molecule has 0 bridgehead atoms. The maximum absolute atomic E-state index is 11.4. The fourth-order valence-electron chi connectivity index (χ4n) is 2.19. The van der Waals surface area contributed by atoms with E-state index in [4.69, 9.17) is 4.74 Å². The van der Waals surface area contributed by atoms with Crippen LogP contribution in [-0.4, -0.2) is 41.3 Å². The molecule has 1 atom stereocenters. The number of nitrogens with one attached hydrogen (secondary N) is 1. The van der Waals surface area contributed by atoms with Gasteiger partial charge in [0.2, 0.25) is 5.82 Å². The highest BCUT2D eigenvalue weighted by atomic mass is 16.5. The van der Waals surface area contributed by atoms with E-state index < -0.39 is 5.97 Å². The summed E-state index contributed by atoms with van der Waals surface area (Å²) in [5, 5.41) is 3.32. The number of methoxy groups -OCH3 is 1. The van der Waals surface area contributed by atoms with E-state index in [1.54, 1.807) is 12.3 Å². The van der Waals surface area contributed by atoms with Crippen molar-refractivity contribution in [3.05, 3.63) is 18.1 Å². The third kappa shape index (κ3) is 3.64. The van der Waals surface area contributed by atoms with Crippen molar-refractivity contribution >= 4 is 11.8 Å². The van der Waals surface area contributed by atoms with Gasteiger partial charge >= 0.3 is 5.97 Å². The van der Waals surface area contributed by atoms with Gasteiger partial charge in [0.15, 0.2) is 0 Å². The van der Waals surface area contributed by atoms with Crippen LogP contribution >= 0.6 is 0 Å². The number of carbonyl (C=O) groups is 1. The predicted octanol–water partition coefficient (Wildman–Crippen LogP) is 1.63. The van der Waals surface area contributed by atoms with Crippen LogP contribution in [0.3, 0.4) is 0 Å². The molecular formula is C13H19N3O3. The van der Waals surface area contributed by atoms with Crippen molar-refractivity contribution in [1.29, 1.82) is 0 Å². The van der Waals surface area contributed by atoms with Crippen LogP contribution in [0.15, 0.2) is 12.3 Å². The van der Waals surface area contributed by atoms with Crippen molar-refractivity contribution in [2.45, 2.75) is 38.3 Å². The van der Waals surface area contributed by atoms with E-state index in [0.29, 0.717) is 5.82 Å². The van der Waals surface area contributed by atoms with Gasteiger partial charge in [0.1, 0.15) is 5.82 Å². The minimum Gasteiger partial charge on any atom is -0.463 e. The summed E-state index contributed by atoms with van der Waals surface area (Å²) < 4.78 is 10.3. The molecule has 2 rings (SSSR count). The second kappa shape index (κ2) is 5.52. The minimum atomic E-state index is -0.532. The zero-order chi connectivity index (χ0) is 13.9. The topological polar surface area (TPSA) is 73.3 Å². The largest absolute Gasteiger partial charge is 0.463 e. The zero-order valence-corrected chi connectivity index (χ0v) is 11.5. The molecule has 0 saturated carbocycles. The highest BCUT2D eigenvalue weighted by Crippen LogP contribution is 2.25. The second-order valence-electron chi connectivity index (χ2n) is 5.20. The molecule has 1 aromatic heterocycles. The molecule has 1 aromatic rings. The van der Waals surface area contributed by atoms with Gasteiger partial charge in [0, 0.05) is 18.8 Å². The molecule has 0 aliphatic carbocycles.